The van der Waals surface area contributed by atoms with Crippen LogP contribution in [0.5, 0.6) is 0 Å². The van der Waals surface area contributed by atoms with Gasteiger partial charge in [0, 0.05) is 5.69 Å². The van der Waals surface area contributed by atoms with Gasteiger partial charge in [-0.05, 0) is 70.2 Å². The van der Waals surface area contributed by atoms with Gasteiger partial charge in [-0.15, -0.1) is 0 Å². The van der Waals surface area contributed by atoms with E-state index in [1.807, 2.05) is 0 Å². The van der Waals surface area contributed by atoms with Crippen molar-refractivity contribution in [3.05, 3.63) is 45.8 Å². The Morgan fingerprint density at radius 2 is 1.67 bits per heavy atom. The van der Waals surface area contributed by atoms with E-state index in [9.17, 15) is 0 Å². The summed E-state index contributed by atoms with van der Waals surface area (Å²) < 4.78 is 2.11. The van der Waals surface area contributed by atoms with Crippen molar-refractivity contribution in [2.75, 3.05) is 6.54 Å². The first-order valence-corrected chi connectivity index (χ1v) is 7.68. The van der Waals surface area contributed by atoms with Crippen LogP contribution in [0.2, 0.25) is 0 Å². The third kappa shape index (κ3) is 3.03. The first-order chi connectivity index (χ1) is 9.85. The van der Waals surface area contributed by atoms with Gasteiger partial charge in [0.25, 0.3) is 0 Å². The number of hydrogen-bond acceptors (Lipinski definition) is 2. The van der Waals surface area contributed by atoms with E-state index in [2.05, 4.69) is 58.4 Å². The molecule has 0 fully saturated rings. The molecule has 3 heteroatoms. The third-order valence-corrected chi connectivity index (χ3v) is 4.24. The lowest BCUT2D eigenvalue weighted by Gasteiger charge is -2.14. The maximum atomic E-state index is 5.78. The minimum atomic E-state index is 0.486. The van der Waals surface area contributed by atoms with E-state index in [0.717, 1.165) is 12.1 Å². The average molecular weight is 285 g/mol. The number of hydrogen-bond donors (Lipinski definition) is 1. The quantitative estimate of drug-likeness (QED) is 0.933. The second kappa shape index (κ2) is 6.02. The molecule has 114 valence electrons. The van der Waals surface area contributed by atoms with Crippen LogP contribution in [-0.2, 0) is 6.42 Å². The minimum Gasteiger partial charge on any atom is -0.330 e. The molecule has 1 aromatic heterocycles. The molecule has 1 aromatic carbocycles. The van der Waals surface area contributed by atoms with Gasteiger partial charge in [-0.2, -0.15) is 5.10 Å². The van der Waals surface area contributed by atoms with Gasteiger partial charge in [-0.3, -0.25) is 0 Å². The minimum absolute atomic E-state index is 0.486. The predicted molar refractivity (Wildman–Crippen MR) is 89.2 cm³/mol. The van der Waals surface area contributed by atoms with Gasteiger partial charge < -0.3 is 5.73 Å². The largest absolute Gasteiger partial charge is 0.330 e. The summed E-state index contributed by atoms with van der Waals surface area (Å²) in [7, 11) is 0. The molecule has 21 heavy (non-hydrogen) atoms. The summed E-state index contributed by atoms with van der Waals surface area (Å²) >= 11 is 0. The van der Waals surface area contributed by atoms with Gasteiger partial charge in [0.15, 0.2) is 0 Å². The van der Waals surface area contributed by atoms with Crippen LogP contribution in [0.25, 0.3) is 5.69 Å². The summed E-state index contributed by atoms with van der Waals surface area (Å²) in [6.07, 6.45) is 0.998. The maximum absolute atomic E-state index is 5.78. The van der Waals surface area contributed by atoms with Crippen LogP contribution >= 0.6 is 0 Å². The number of benzene rings is 1. The molecule has 3 nitrogen and oxygen atoms in total. The smallest absolute Gasteiger partial charge is 0.0707 e. The van der Waals surface area contributed by atoms with Gasteiger partial charge in [0.2, 0.25) is 0 Å². The number of aromatic nitrogens is 2. The Bertz CT molecular complexity index is 630. The summed E-state index contributed by atoms with van der Waals surface area (Å²) in [5.41, 5.74) is 14.5. The topological polar surface area (TPSA) is 43.8 Å². The van der Waals surface area contributed by atoms with Crippen LogP contribution in [0.15, 0.2) is 12.1 Å². The number of rotatable bonds is 4. The van der Waals surface area contributed by atoms with E-state index in [1.54, 1.807) is 0 Å². The van der Waals surface area contributed by atoms with Crippen LogP contribution in [0, 0.1) is 40.5 Å². The highest BCUT2D eigenvalue weighted by molar-refractivity contribution is 5.50. The van der Waals surface area contributed by atoms with E-state index in [4.69, 9.17) is 10.8 Å². The van der Waals surface area contributed by atoms with Crippen molar-refractivity contribution in [1.29, 1.82) is 0 Å². The van der Waals surface area contributed by atoms with Crippen molar-refractivity contribution < 1.29 is 0 Å². The fourth-order valence-corrected chi connectivity index (χ4v) is 3.13. The molecule has 0 spiro atoms. The molecule has 0 saturated heterocycles. The van der Waals surface area contributed by atoms with Crippen LogP contribution in [-0.4, -0.2) is 16.3 Å². The van der Waals surface area contributed by atoms with Crippen LogP contribution in [0.1, 0.15) is 40.6 Å². The number of nitrogens with two attached hydrogens (primary N) is 1. The second-order valence-corrected chi connectivity index (χ2v) is 6.35. The first kappa shape index (κ1) is 15.8. The summed E-state index contributed by atoms with van der Waals surface area (Å²) in [4.78, 5) is 0. The van der Waals surface area contributed by atoms with Crippen LogP contribution in [0.3, 0.4) is 0 Å². The Labute approximate surface area is 128 Å². The lowest BCUT2D eigenvalue weighted by atomic mass is 9.99. The van der Waals surface area contributed by atoms with Crippen molar-refractivity contribution in [3.8, 4) is 5.69 Å². The third-order valence-electron chi connectivity index (χ3n) is 4.24. The van der Waals surface area contributed by atoms with E-state index in [1.165, 1.54) is 33.6 Å². The van der Waals surface area contributed by atoms with Crippen molar-refractivity contribution in [1.82, 2.24) is 9.78 Å². The number of aryl methyl sites for hydroxylation is 4. The average Bonchev–Trinajstić information content (AvgIpc) is 2.65. The second-order valence-electron chi connectivity index (χ2n) is 6.35. The highest BCUT2D eigenvalue weighted by atomic mass is 15.3. The highest BCUT2D eigenvalue weighted by Gasteiger charge is 2.17. The molecule has 0 aliphatic rings. The molecule has 2 rings (SSSR count). The molecule has 1 heterocycles. The molecule has 2 N–H and O–H groups in total. The van der Waals surface area contributed by atoms with Gasteiger partial charge >= 0.3 is 0 Å². The maximum Gasteiger partial charge on any atom is 0.0707 e. The fraction of sp³-hybridized carbons (Fsp3) is 0.500. The first-order valence-electron chi connectivity index (χ1n) is 7.68. The van der Waals surface area contributed by atoms with Crippen molar-refractivity contribution in [2.24, 2.45) is 11.7 Å². The van der Waals surface area contributed by atoms with E-state index in [-0.39, 0.29) is 0 Å². The van der Waals surface area contributed by atoms with E-state index >= 15 is 0 Å². The summed E-state index contributed by atoms with van der Waals surface area (Å²) in [6.45, 7) is 13.6. The number of nitrogens with zero attached hydrogens (tertiary/aromatic N) is 2. The molecule has 0 aliphatic heterocycles. The normalized spacial score (nSPS) is 12.7. The van der Waals surface area contributed by atoms with Crippen LogP contribution in [0.4, 0.5) is 0 Å². The van der Waals surface area contributed by atoms with Crippen molar-refractivity contribution in [2.45, 2.75) is 48.0 Å². The zero-order valence-corrected chi connectivity index (χ0v) is 14.1. The lowest BCUT2D eigenvalue weighted by molar-refractivity contribution is 0.589. The van der Waals surface area contributed by atoms with E-state index in [0.29, 0.717) is 12.5 Å². The lowest BCUT2D eigenvalue weighted by Crippen LogP contribution is -2.14. The van der Waals surface area contributed by atoms with Gasteiger partial charge in [-0.25, -0.2) is 4.68 Å². The Balaban J connectivity index is 2.54. The summed E-state index contributed by atoms with van der Waals surface area (Å²) in [5.74, 6) is 0.486. The van der Waals surface area contributed by atoms with Crippen molar-refractivity contribution >= 4 is 0 Å². The standard InChI is InChI=1S/C18H27N3/c1-11-7-13(3)18(14(4)8-11)21-16(6)17(15(5)20-21)9-12(2)10-19/h7-8,12H,9-10,19H2,1-6H3. The molecule has 0 radical (unpaired) electrons. The zero-order chi connectivity index (χ0) is 15.7. The highest BCUT2D eigenvalue weighted by Crippen LogP contribution is 2.25. The van der Waals surface area contributed by atoms with Crippen molar-refractivity contribution in [3.63, 3.8) is 0 Å². The molecular weight excluding hydrogens is 258 g/mol. The van der Waals surface area contributed by atoms with Gasteiger partial charge in [0.05, 0.1) is 11.4 Å². The Hall–Kier alpha value is -1.61. The van der Waals surface area contributed by atoms with Gasteiger partial charge in [0.1, 0.15) is 0 Å². The molecular formula is C18H27N3. The van der Waals surface area contributed by atoms with Gasteiger partial charge in [-0.1, -0.05) is 24.6 Å². The SMILES string of the molecule is Cc1cc(C)c(-n2nc(C)c(CC(C)CN)c2C)c(C)c1. The molecule has 0 saturated carbocycles. The summed E-state index contributed by atoms with van der Waals surface area (Å²) in [6, 6.07) is 4.45. The Morgan fingerprint density at radius 1 is 1.10 bits per heavy atom. The monoisotopic (exact) mass is 285 g/mol. The fourth-order valence-electron chi connectivity index (χ4n) is 3.13. The summed E-state index contributed by atoms with van der Waals surface area (Å²) in [5, 5.41) is 4.79. The zero-order valence-electron chi connectivity index (χ0n) is 14.1. The Morgan fingerprint density at radius 3 is 2.19 bits per heavy atom. The molecule has 2 aromatic rings. The molecule has 1 unspecified atom stereocenters. The van der Waals surface area contributed by atoms with E-state index < -0.39 is 0 Å². The molecule has 1 atom stereocenters. The predicted octanol–water partition coefficient (Wildman–Crippen LogP) is 3.55. The molecule has 0 amide bonds. The Kier molecular flexibility index (Phi) is 4.52. The molecule has 0 aliphatic carbocycles. The molecule has 0 bridgehead atoms. The van der Waals surface area contributed by atoms with Crippen LogP contribution < -0.4 is 5.73 Å².